The van der Waals surface area contributed by atoms with Gasteiger partial charge in [-0.1, -0.05) is 11.2 Å². The van der Waals surface area contributed by atoms with Crippen molar-refractivity contribution in [1.29, 1.82) is 0 Å². The molecule has 0 aliphatic rings. The molecule has 29 heavy (non-hydrogen) atoms. The van der Waals surface area contributed by atoms with Crippen molar-refractivity contribution in [2.45, 2.75) is 27.4 Å². The summed E-state index contributed by atoms with van der Waals surface area (Å²) in [5, 5.41) is 6.76. The molecule has 1 amide bonds. The molecule has 150 valence electrons. The summed E-state index contributed by atoms with van der Waals surface area (Å²) in [6.45, 7) is 5.80. The molecule has 3 aromatic rings. The molecule has 1 N–H and O–H groups in total. The molecule has 3 rings (SSSR count). The molecule has 0 unspecified atom stereocenters. The van der Waals surface area contributed by atoms with E-state index >= 15 is 0 Å². The quantitative estimate of drug-likeness (QED) is 0.630. The Morgan fingerprint density at radius 3 is 2.52 bits per heavy atom. The van der Waals surface area contributed by atoms with E-state index in [0.717, 1.165) is 16.8 Å². The zero-order valence-corrected chi connectivity index (χ0v) is 16.7. The number of nitrogens with one attached hydrogen (secondary N) is 1. The summed E-state index contributed by atoms with van der Waals surface area (Å²) in [7, 11) is 1.33. The number of carbonyl (C=O) groups excluding carboxylic acids is 2. The molecular formula is C22H22N2O5. The Balaban J connectivity index is 1.70. The van der Waals surface area contributed by atoms with Crippen molar-refractivity contribution in [1.82, 2.24) is 5.16 Å². The summed E-state index contributed by atoms with van der Waals surface area (Å²) in [6.07, 6.45) is 0. The third-order valence-corrected chi connectivity index (χ3v) is 4.56. The number of amides is 1. The topological polar surface area (TPSA) is 90.7 Å². The second-order valence-corrected chi connectivity index (χ2v) is 6.59. The van der Waals surface area contributed by atoms with E-state index in [1.54, 1.807) is 42.5 Å². The summed E-state index contributed by atoms with van der Waals surface area (Å²) in [6, 6.07) is 11.9. The molecule has 1 aromatic heterocycles. The van der Waals surface area contributed by atoms with Crippen LogP contribution >= 0.6 is 0 Å². The number of hydrogen-bond donors (Lipinski definition) is 1. The number of anilines is 1. The van der Waals surface area contributed by atoms with Crippen molar-refractivity contribution in [2.24, 2.45) is 0 Å². The molecule has 0 aliphatic carbocycles. The number of hydrogen-bond acceptors (Lipinski definition) is 6. The predicted octanol–water partition coefficient (Wildman–Crippen LogP) is 4.22. The number of aryl methyl sites for hydroxylation is 3. The molecule has 0 saturated carbocycles. The van der Waals surface area contributed by atoms with Crippen LogP contribution in [0.2, 0.25) is 0 Å². The predicted molar refractivity (Wildman–Crippen MR) is 107 cm³/mol. The highest BCUT2D eigenvalue weighted by atomic mass is 16.5. The van der Waals surface area contributed by atoms with Gasteiger partial charge in [0.25, 0.3) is 5.91 Å². The van der Waals surface area contributed by atoms with Crippen molar-refractivity contribution >= 4 is 17.6 Å². The zero-order chi connectivity index (χ0) is 21.0. The lowest BCUT2D eigenvalue weighted by atomic mass is 10.1. The molecule has 0 fully saturated rings. The molecular weight excluding hydrogens is 372 g/mol. The number of rotatable bonds is 6. The molecule has 0 spiro atoms. The van der Waals surface area contributed by atoms with E-state index in [9.17, 15) is 9.59 Å². The SMILES string of the molecule is COC(=O)c1ccc(NC(=O)c2cccc(OCc3c(C)noc3C)c2)c(C)c1. The van der Waals surface area contributed by atoms with Gasteiger partial charge < -0.3 is 19.3 Å². The highest BCUT2D eigenvalue weighted by Crippen LogP contribution is 2.21. The second-order valence-electron chi connectivity index (χ2n) is 6.59. The summed E-state index contributed by atoms with van der Waals surface area (Å²) in [5.74, 6) is 0.577. The minimum atomic E-state index is -0.422. The first-order chi connectivity index (χ1) is 13.9. The van der Waals surface area contributed by atoms with E-state index in [4.69, 9.17) is 14.0 Å². The lowest BCUT2D eigenvalue weighted by molar-refractivity contribution is 0.0600. The van der Waals surface area contributed by atoms with Crippen LogP contribution < -0.4 is 10.1 Å². The van der Waals surface area contributed by atoms with Crippen LogP contribution in [-0.4, -0.2) is 24.1 Å². The Morgan fingerprint density at radius 2 is 1.86 bits per heavy atom. The number of carbonyl (C=O) groups is 2. The molecule has 1 heterocycles. The minimum Gasteiger partial charge on any atom is -0.489 e. The summed E-state index contributed by atoms with van der Waals surface area (Å²) < 4.78 is 15.6. The average Bonchev–Trinajstić information content (AvgIpc) is 3.04. The fourth-order valence-electron chi connectivity index (χ4n) is 2.83. The Hall–Kier alpha value is -3.61. The average molecular weight is 394 g/mol. The lowest BCUT2D eigenvalue weighted by Crippen LogP contribution is -2.13. The molecule has 7 heteroatoms. The third kappa shape index (κ3) is 4.63. The van der Waals surface area contributed by atoms with Gasteiger partial charge in [-0.15, -0.1) is 0 Å². The van der Waals surface area contributed by atoms with Crippen LogP contribution in [0, 0.1) is 20.8 Å². The summed E-state index contributed by atoms with van der Waals surface area (Å²) >= 11 is 0. The standard InChI is InChI=1S/C22H22N2O5/c1-13-10-17(22(26)27-4)8-9-20(13)23-21(25)16-6-5-7-18(11-16)28-12-19-14(2)24-29-15(19)3/h5-11H,12H2,1-4H3,(H,23,25). The zero-order valence-electron chi connectivity index (χ0n) is 16.7. The van der Waals surface area contributed by atoms with Gasteiger partial charge in [-0.05, 0) is 62.7 Å². The first-order valence-electron chi connectivity index (χ1n) is 9.04. The minimum absolute atomic E-state index is 0.276. The van der Waals surface area contributed by atoms with Crippen molar-refractivity contribution < 1.29 is 23.6 Å². The van der Waals surface area contributed by atoms with Crippen LogP contribution in [0.5, 0.6) is 5.75 Å². The third-order valence-electron chi connectivity index (χ3n) is 4.56. The molecule has 0 saturated heterocycles. The molecule has 0 atom stereocenters. The fraction of sp³-hybridized carbons (Fsp3) is 0.227. The van der Waals surface area contributed by atoms with E-state index in [0.29, 0.717) is 34.9 Å². The van der Waals surface area contributed by atoms with Gasteiger partial charge in [-0.3, -0.25) is 4.79 Å². The van der Waals surface area contributed by atoms with E-state index in [-0.39, 0.29) is 5.91 Å². The van der Waals surface area contributed by atoms with Gasteiger partial charge in [0.2, 0.25) is 0 Å². The van der Waals surface area contributed by atoms with Gasteiger partial charge in [-0.25, -0.2) is 4.79 Å². The Morgan fingerprint density at radius 1 is 1.07 bits per heavy atom. The first-order valence-corrected chi connectivity index (χ1v) is 9.04. The molecule has 7 nitrogen and oxygen atoms in total. The van der Waals surface area contributed by atoms with Crippen LogP contribution in [-0.2, 0) is 11.3 Å². The van der Waals surface area contributed by atoms with E-state index < -0.39 is 5.97 Å². The van der Waals surface area contributed by atoms with Gasteiger partial charge in [0, 0.05) is 11.3 Å². The monoisotopic (exact) mass is 394 g/mol. The molecule has 0 aliphatic heterocycles. The van der Waals surface area contributed by atoms with E-state index in [1.807, 2.05) is 20.8 Å². The van der Waals surface area contributed by atoms with Crippen molar-refractivity contribution in [3.8, 4) is 5.75 Å². The molecule has 0 radical (unpaired) electrons. The maximum Gasteiger partial charge on any atom is 0.337 e. The van der Waals surface area contributed by atoms with Crippen LogP contribution in [0.15, 0.2) is 47.0 Å². The van der Waals surface area contributed by atoms with Gasteiger partial charge in [0.15, 0.2) is 0 Å². The number of aromatic nitrogens is 1. The maximum atomic E-state index is 12.7. The van der Waals surface area contributed by atoms with Crippen molar-refractivity contribution in [2.75, 3.05) is 12.4 Å². The highest BCUT2D eigenvalue weighted by Gasteiger charge is 2.13. The number of ether oxygens (including phenoxy) is 2. The van der Waals surface area contributed by atoms with Crippen LogP contribution in [0.3, 0.4) is 0 Å². The first kappa shape index (κ1) is 20.1. The Bertz CT molecular complexity index is 1040. The fourth-order valence-corrected chi connectivity index (χ4v) is 2.83. The normalized spacial score (nSPS) is 10.5. The Labute approximate surface area is 168 Å². The second kappa shape index (κ2) is 8.60. The highest BCUT2D eigenvalue weighted by molar-refractivity contribution is 6.05. The molecule has 2 aromatic carbocycles. The van der Waals surface area contributed by atoms with Gasteiger partial charge >= 0.3 is 5.97 Å². The van der Waals surface area contributed by atoms with E-state index in [2.05, 4.69) is 10.5 Å². The molecule has 0 bridgehead atoms. The summed E-state index contributed by atoms with van der Waals surface area (Å²) in [5.41, 5.74) is 3.93. The van der Waals surface area contributed by atoms with Gasteiger partial charge in [0.1, 0.15) is 18.1 Å². The van der Waals surface area contributed by atoms with Crippen LogP contribution in [0.1, 0.15) is 43.3 Å². The smallest absolute Gasteiger partial charge is 0.337 e. The number of methoxy groups -OCH3 is 1. The van der Waals surface area contributed by atoms with Crippen LogP contribution in [0.4, 0.5) is 5.69 Å². The number of esters is 1. The number of benzene rings is 2. The van der Waals surface area contributed by atoms with E-state index in [1.165, 1.54) is 7.11 Å². The van der Waals surface area contributed by atoms with Crippen LogP contribution in [0.25, 0.3) is 0 Å². The Kier molecular flexibility index (Phi) is 5.97. The number of nitrogens with zero attached hydrogens (tertiary/aromatic N) is 1. The van der Waals surface area contributed by atoms with Gasteiger partial charge in [0.05, 0.1) is 23.9 Å². The van der Waals surface area contributed by atoms with Crippen molar-refractivity contribution in [3.63, 3.8) is 0 Å². The van der Waals surface area contributed by atoms with Crippen molar-refractivity contribution in [3.05, 3.63) is 76.2 Å². The largest absolute Gasteiger partial charge is 0.489 e. The lowest BCUT2D eigenvalue weighted by Gasteiger charge is -2.11. The van der Waals surface area contributed by atoms with Gasteiger partial charge in [-0.2, -0.15) is 0 Å². The summed E-state index contributed by atoms with van der Waals surface area (Å²) in [4.78, 5) is 24.3. The maximum absolute atomic E-state index is 12.7.